The van der Waals surface area contributed by atoms with Crippen LogP contribution in [0.25, 0.3) is 9.88 Å². The van der Waals surface area contributed by atoms with Crippen molar-refractivity contribution in [3.05, 3.63) is 45.8 Å². The Balaban J connectivity index is 1.78. The standard InChI is InChI=1S/C19H20N2O4S2/c1-11-17(27-19(21-11)14-6-5-9-26-14)18(22)20-10-12-7-8-13(23-2)16(25-4)15(12)24-3/h5-9H,10H2,1-4H3,(H,20,22). The lowest BCUT2D eigenvalue weighted by Gasteiger charge is -2.16. The van der Waals surface area contributed by atoms with Crippen molar-refractivity contribution in [1.29, 1.82) is 0 Å². The van der Waals surface area contributed by atoms with Gasteiger partial charge in [0.2, 0.25) is 5.75 Å². The summed E-state index contributed by atoms with van der Waals surface area (Å²) in [6, 6.07) is 7.60. The second-order valence-electron chi connectivity index (χ2n) is 5.59. The molecular formula is C19H20N2O4S2. The largest absolute Gasteiger partial charge is 0.493 e. The minimum atomic E-state index is -0.162. The molecule has 142 valence electrons. The first-order valence-corrected chi connectivity index (χ1v) is 9.86. The third kappa shape index (κ3) is 3.91. The molecule has 8 heteroatoms. The van der Waals surface area contributed by atoms with Gasteiger partial charge in [-0.15, -0.1) is 22.7 Å². The van der Waals surface area contributed by atoms with Crippen molar-refractivity contribution in [3.63, 3.8) is 0 Å². The maximum absolute atomic E-state index is 12.7. The Hall–Kier alpha value is -2.58. The summed E-state index contributed by atoms with van der Waals surface area (Å²) in [5.41, 5.74) is 1.52. The first-order valence-electron chi connectivity index (χ1n) is 8.16. The van der Waals surface area contributed by atoms with Crippen LogP contribution in [0.4, 0.5) is 0 Å². The highest BCUT2D eigenvalue weighted by molar-refractivity contribution is 7.22. The van der Waals surface area contributed by atoms with Crippen molar-refractivity contribution in [3.8, 4) is 27.1 Å². The number of hydrogen-bond donors (Lipinski definition) is 1. The summed E-state index contributed by atoms with van der Waals surface area (Å²) in [7, 11) is 4.68. The van der Waals surface area contributed by atoms with Crippen LogP contribution in [0.5, 0.6) is 17.2 Å². The van der Waals surface area contributed by atoms with Gasteiger partial charge in [0.1, 0.15) is 9.88 Å². The van der Waals surface area contributed by atoms with Gasteiger partial charge in [0.25, 0.3) is 5.91 Å². The van der Waals surface area contributed by atoms with Crippen molar-refractivity contribution in [2.45, 2.75) is 13.5 Å². The number of thiophene rings is 1. The molecule has 3 aromatic rings. The number of hydrogen-bond acceptors (Lipinski definition) is 7. The molecule has 0 atom stereocenters. The number of carbonyl (C=O) groups is 1. The van der Waals surface area contributed by atoms with Gasteiger partial charge in [0.15, 0.2) is 11.5 Å². The SMILES string of the molecule is COc1ccc(CNC(=O)c2sc(-c3cccs3)nc2C)c(OC)c1OC. The van der Waals surface area contributed by atoms with E-state index in [0.717, 1.165) is 21.1 Å². The van der Waals surface area contributed by atoms with Gasteiger partial charge in [-0.2, -0.15) is 0 Å². The predicted octanol–water partition coefficient (Wildman–Crippen LogP) is 4.14. The highest BCUT2D eigenvalue weighted by atomic mass is 32.1. The monoisotopic (exact) mass is 404 g/mol. The molecule has 1 aromatic carbocycles. The lowest BCUT2D eigenvalue weighted by Crippen LogP contribution is -2.23. The second-order valence-corrected chi connectivity index (χ2v) is 7.53. The number of aryl methyl sites for hydroxylation is 1. The first kappa shape index (κ1) is 19.2. The Kier molecular flexibility index (Phi) is 5.98. The number of thiazole rings is 1. The van der Waals surface area contributed by atoms with Gasteiger partial charge in [-0.1, -0.05) is 6.07 Å². The molecule has 0 unspecified atom stereocenters. The molecule has 0 saturated carbocycles. The van der Waals surface area contributed by atoms with E-state index in [1.807, 2.05) is 30.5 Å². The zero-order valence-corrected chi connectivity index (χ0v) is 17.1. The average Bonchev–Trinajstić information content (AvgIpc) is 3.34. The van der Waals surface area contributed by atoms with Crippen LogP contribution >= 0.6 is 22.7 Å². The van der Waals surface area contributed by atoms with Gasteiger partial charge in [-0.3, -0.25) is 4.79 Å². The van der Waals surface area contributed by atoms with Crippen LogP contribution in [0.1, 0.15) is 20.9 Å². The predicted molar refractivity (Wildman–Crippen MR) is 107 cm³/mol. The fourth-order valence-corrected chi connectivity index (χ4v) is 4.45. The summed E-state index contributed by atoms with van der Waals surface area (Å²) in [4.78, 5) is 18.9. The lowest BCUT2D eigenvalue weighted by molar-refractivity contribution is 0.0954. The van der Waals surface area contributed by atoms with Crippen LogP contribution in [0.15, 0.2) is 29.6 Å². The van der Waals surface area contributed by atoms with Crippen LogP contribution in [0, 0.1) is 6.92 Å². The number of methoxy groups -OCH3 is 3. The Morgan fingerprint density at radius 3 is 2.52 bits per heavy atom. The zero-order valence-electron chi connectivity index (χ0n) is 15.5. The Labute approximate surface area is 165 Å². The molecule has 0 aliphatic heterocycles. The number of benzene rings is 1. The highest BCUT2D eigenvalue weighted by Gasteiger charge is 2.19. The third-order valence-electron chi connectivity index (χ3n) is 3.96. The molecule has 1 N–H and O–H groups in total. The number of amides is 1. The van der Waals surface area contributed by atoms with E-state index < -0.39 is 0 Å². The fraction of sp³-hybridized carbons (Fsp3) is 0.263. The second kappa shape index (κ2) is 8.41. The van der Waals surface area contributed by atoms with Crippen molar-refractivity contribution in [1.82, 2.24) is 10.3 Å². The molecular weight excluding hydrogens is 384 g/mol. The van der Waals surface area contributed by atoms with E-state index in [9.17, 15) is 4.79 Å². The van der Waals surface area contributed by atoms with Gasteiger partial charge in [0.05, 0.1) is 31.9 Å². The molecule has 0 aliphatic rings. The van der Waals surface area contributed by atoms with Crippen LogP contribution in [0.3, 0.4) is 0 Å². The molecule has 3 rings (SSSR count). The molecule has 0 fully saturated rings. The lowest BCUT2D eigenvalue weighted by atomic mass is 10.1. The van der Waals surface area contributed by atoms with Crippen LogP contribution in [-0.2, 0) is 6.54 Å². The molecule has 1 amide bonds. The van der Waals surface area contributed by atoms with E-state index in [2.05, 4.69) is 10.3 Å². The van der Waals surface area contributed by atoms with Gasteiger partial charge in [-0.05, 0) is 30.5 Å². The molecule has 0 bridgehead atoms. The maximum Gasteiger partial charge on any atom is 0.263 e. The van der Waals surface area contributed by atoms with Gasteiger partial charge in [-0.25, -0.2) is 4.98 Å². The van der Waals surface area contributed by atoms with E-state index in [4.69, 9.17) is 14.2 Å². The molecule has 0 spiro atoms. The van der Waals surface area contributed by atoms with Crippen molar-refractivity contribution in [2.24, 2.45) is 0 Å². The highest BCUT2D eigenvalue weighted by Crippen LogP contribution is 2.39. The zero-order chi connectivity index (χ0) is 19.4. The number of ether oxygens (including phenoxy) is 3. The maximum atomic E-state index is 12.7. The normalized spacial score (nSPS) is 10.5. The quantitative estimate of drug-likeness (QED) is 0.641. The number of carbonyl (C=O) groups excluding carboxylic acids is 1. The summed E-state index contributed by atoms with van der Waals surface area (Å²) in [5.74, 6) is 1.45. The summed E-state index contributed by atoms with van der Waals surface area (Å²) in [6.07, 6.45) is 0. The van der Waals surface area contributed by atoms with E-state index >= 15 is 0 Å². The minimum Gasteiger partial charge on any atom is -0.493 e. The third-order valence-corrected chi connectivity index (χ3v) is 6.16. The van der Waals surface area contributed by atoms with E-state index in [-0.39, 0.29) is 5.91 Å². The molecule has 2 aromatic heterocycles. The Morgan fingerprint density at radius 1 is 1.11 bits per heavy atom. The Bertz CT molecular complexity index is 936. The van der Waals surface area contributed by atoms with Crippen LogP contribution < -0.4 is 19.5 Å². The van der Waals surface area contributed by atoms with Gasteiger partial charge < -0.3 is 19.5 Å². The topological polar surface area (TPSA) is 69.7 Å². The number of nitrogens with zero attached hydrogens (tertiary/aromatic N) is 1. The van der Waals surface area contributed by atoms with Crippen LogP contribution in [-0.4, -0.2) is 32.2 Å². The van der Waals surface area contributed by atoms with E-state index in [1.165, 1.54) is 11.3 Å². The smallest absolute Gasteiger partial charge is 0.263 e. The molecule has 0 radical (unpaired) electrons. The average molecular weight is 405 g/mol. The molecule has 27 heavy (non-hydrogen) atoms. The fourth-order valence-electron chi connectivity index (χ4n) is 2.67. The summed E-state index contributed by atoms with van der Waals surface area (Å²) >= 11 is 3.00. The van der Waals surface area contributed by atoms with E-state index in [1.54, 1.807) is 38.7 Å². The summed E-state index contributed by atoms with van der Waals surface area (Å²) in [5, 5.41) is 5.79. The Morgan fingerprint density at radius 2 is 1.89 bits per heavy atom. The number of rotatable bonds is 7. The van der Waals surface area contributed by atoms with Crippen molar-refractivity contribution < 1.29 is 19.0 Å². The first-order chi connectivity index (χ1) is 13.1. The molecule has 2 heterocycles. The molecule has 6 nitrogen and oxygen atoms in total. The number of nitrogens with one attached hydrogen (secondary N) is 1. The number of aromatic nitrogens is 1. The van der Waals surface area contributed by atoms with Gasteiger partial charge in [0, 0.05) is 12.1 Å². The van der Waals surface area contributed by atoms with Crippen molar-refractivity contribution >= 4 is 28.6 Å². The van der Waals surface area contributed by atoms with E-state index in [0.29, 0.717) is 28.7 Å². The van der Waals surface area contributed by atoms with Gasteiger partial charge >= 0.3 is 0 Å². The minimum absolute atomic E-state index is 0.162. The molecule has 0 saturated heterocycles. The summed E-state index contributed by atoms with van der Waals surface area (Å²) < 4.78 is 16.1. The summed E-state index contributed by atoms with van der Waals surface area (Å²) in [6.45, 7) is 2.15. The molecule has 0 aliphatic carbocycles. The van der Waals surface area contributed by atoms with Crippen molar-refractivity contribution in [2.75, 3.05) is 21.3 Å². The van der Waals surface area contributed by atoms with Crippen LogP contribution in [0.2, 0.25) is 0 Å².